The number of hydrogen-bond acceptors (Lipinski definition) is 6. The lowest BCUT2D eigenvalue weighted by Crippen LogP contribution is -2.47. The summed E-state index contributed by atoms with van der Waals surface area (Å²) in [5.74, 6) is -5.76. The van der Waals surface area contributed by atoms with Crippen LogP contribution in [0.4, 0.5) is 0 Å². The van der Waals surface area contributed by atoms with Crippen molar-refractivity contribution in [2.75, 3.05) is 13.1 Å². The summed E-state index contributed by atoms with van der Waals surface area (Å²) >= 11 is 0. The van der Waals surface area contributed by atoms with Crippen LogP contribution in [0.25, 0.3) is 0 Å². The van der Waals surface area contributed by atoms with Crippen molar-refractivity contribution in [3.05, 3.63) is 0 Å². The van der Waals surface area contributed by atoms with Gasteiger partial charge in [0.25, 0.3) is 0 Å². The van der Waals surface area contributed by atoms with Crippen molar-refractivity contribution in [2.45, 2.75) is 51.4 Å². The Bertz CT molecular complexity index is 502. The molecule has 26 heavy (non-hydrogen) atoms. The smallest absolute Gasteiger partial charge is 0.223 e. The molecule has 4 atom stereocenters. The molecule has 2 aliphatic carbocycles. The van der Waals surface area contributed by atoms with Gasteiger partial charge in [-0.25, -0.2) is 0 Å². The molecular formula is C18H26N2O6-2. The van der Waals surface area contributed by atoms with Gasteiger partial charge in [-0.2, -0.15) is 0 Å². The van der Waals surface area contributed by atoms with E-state index in [1.54, 1.807) is 0 Å². The Morgan fingerprint density at radius 2 is 0.923 bits per heavy atom. The fourth-order valence-electron chi connectivity index (χ4n) is 4.09. The molecule has 2 saturated carbocycles. The van der Waals surface area contributed by atoms with Gasteiger partial charge in [-0.3, -0.25) is 9.59 Å². The van der Waals surface area contributed by atoms with Gasteiger partial charge in [0, 0.05) is 48.7 Å². The van der Waals surface area contributed by atoms with Crippen LogP contribution in [0.5, 0.6) is 0 Å². The van der Waals surface area contributed by atoms with Gasteiger partial charge in [-0.05, 0) is 25.7 Å². The Labute approximate surface area is 152 Å². The van der Waals surface area contributed by atoms with Crippen LogP contribution < -0.4 is 20.8 Å². The highest BCUT2D eigenvalue weighted by Gasteiger charge is 2.32. The van der Waals surface area contributed by atoms with E-state index >= 15 is 0 Å². The zero-order valence-corrected chi connectivity index (χ0v) is 14.8. The number of carbonyl (C=O) groups is 4. The topological polar surface area (TPSA) is 138 Å². The van der Waals surface area contributed by atoms with Crippen molar-refractivity contribution in [3.63, 3.8) is 0 Å². The molecule has 0 unspecified atom stereocenters. The standard InChI is InChI=1S/C18H28N2O6/c21-15(11-5-1-3-7-13(11)17(23)24)19-9-10-20-16(22)12-6-2-4-8-14(12)18(25)26/h11-14H,1-10H2,(H,19,21)(H,20,22)(H,23,24)(H,25,26)/p-2/t11-,12-,13+,14+/m1/s1. The van der Waals surface area contributed by atoms with E-state index in [2.05, 4.69) is 10.6 Å². The van der Waals surface area contributed by atoms with E-state index < -0.39 is 35.6 Å². The van der Waals surface area contributed by atoms with Gasteiger partial charge in [0.2, 0.25) is 11.8 Å². The Balaban J connectivity index is 1.75. The van der Waals surface area contributed by atoms with Gasteiger partial charge >= 0.3 is 0 Å². The van der Waals surface area contributed by atoms with Crippen molar-refractivity contribution in [1.29, 1.82) is 0 Å². The summed E-state index contributed by atoms with van der Waals surface area (Å²) in [5.41, 5.74) is 0. The van der Waals surface area contributed by atoms with Crippen LogP contribution in [-0.2, 0) is 19.2 Å². The first-order chi connectivity index (χ1) is 12.4. The van der Waals surface area contributed by atoms with Gasteiger partial charge in [0.15, 0.2) is 0 Å². The van der Waals surface area contributed by atoms with Crippen LogP contribution in [0.15, 0.2) is 0 Å². The molecule has 8 nitrogen and oxygen atoms in total. The van der Waals surface area contributed by atoms with E-state index in [9.17, 15) is 29.4 Å². The highest BCUT2D eigenvalue weighted by molar-refractivity contribution is 5.85. The molecule has 0 aliphatic heterocycles. The van der Waals surface area contributed by atoms with E-state index in [0.717, 1.165) is 25.7 Å². The third-order valence-electron chi connectivity index (χ3n) is 5.53. The number of carbonyl (C=O) groups excluding carboxylic acids is 4. The third-order valence-corrected chi connectivity index (χ3v) is 5.53. The fourth-order valence-corrected chi connectivity index (χ4v) is 4.09. The maximum Gasteiger partial charge on any atom is 0.223 e. The van der Waals surface area contributed by atoms with Gasteiger partial charge in [-0.15, -0.1) is 0 Å². The lowest BCUT2D eigenvalue weighted by Gasteiger charge is -2.31. The highest BCUT2D eigenvalue weighted by atomic mass is 16.4. The molecule has 0 aromatic rings. The molecule has 0 aromatic heterocycles. The molecule has 0 radical (unpaired) electrons. The highest BCUT2D eigenvalue weighted by Crippen LogP contribution is 2.30. The number of carboxylic acids is 2. The van der Waals surface area contributed by atoms with Gasteiger partial charge in [-0.1, -0.05) is 25.7 Å². The minimum absolute atomic E-state index is 0.170. The number of rotatable bonds is 7. The van der Waals surface area contributed by atoms with Crippen LogP contribution >= 0.6 is 0 Å². The zero-order valence-electron chi connectivity index (χ0n) is 14.8. The molecule has 0 aromatic carbocycles. The van der Waals surface area contributed by atoms with Gasteiger partial charge in [0.05, 0.1) is 0 Å². The van der Waals surface area contributed by atoms with Crippen molar-refractivity contribution in [3.8, 4) is 0 Å². The largest absolute Gasteiger partial charge is 0.550 e. The van der Waals surface area contributed by atoms with Crippen LogP contribution in [0.1, 0.15) is 51.4 Å². The number of amides is 2. The molecule has 2 aliphatic rings. The molecule has 2 amide bonds. The maximum absolute atomic E-state index is 12.2. The average molecular weight is 366 g/mol. The summed E-state index contributed by atoms with van der Waals surface area (Å²) in [6.07, 6.45) is 5.11. The summed E-state index contributed by atoms with van der Waals surface area (Å²) in [4.78, 5) is 46.7. The quantitative estimate of drug-likeness (QED) is 0.517. The van der Waals surface area contributed by atoms with Crippen molar-refractivity contribution in [2.24, 2.45) is 23.7 Å². The van der Waals surface area contributed by atoms with Crippen LogP contribution in [-0.4, -0.2) is 36.8 Å². The molecule has 0 saturated heterocycles. The van der Waals surface area contributed by atoms with Crippen LogP contribution in [0.3, 0.4) is 0 Å². The molecule has 0 bridgehead atoms. The Morgan fingerprint density at radius 1 is 0.615 bits per heavy atom. The monoisotopic (exact) mass is 366 g/mol. The minimum Gasteiger partial charge on any atom is -0.550 e. The second kappa shape index (κ2) is 9.54. The SMILES string of the molecule is O=C([O-])[C@H]1CCCC[C@H]1C(=O)NCCNC(=O)[C@@H]1CCCC[C@@H]1C(=O)[O-]. The predicted octanol–water partition coefficient (Wildman–Crippen LogP) is -1.67. The number of carboxylic acid groups (broad SMARTS) is 2. The first-order valence-corrected chi connectivity index (χ1v) is 9.39. The second-order valence-corrected chi connectivity index (χ2v) is 7.22. The Morgan fingerprint density at radius 3 is 1.23 bits per heavy atom. The summed E-state index contributed by atoms with van der Waals surface area (Å²) in [6, 6.07) is 0. The lowest BCUT2D eigenvalue weighted by atomic mass is 9.78. The Hall–Kier alpha value is -2.12. The maximum atomic E-state index is 12.2. The molecule has 8 heteroatoms. The third kappa shape index (κ3) is 5.19. The normalized spacial score (nSPS) is 28.8. The van der Waals surface area contributed by atoms with E-state index in [1.807, 2.05) is 0 Å². The molecule has 2 rings (SSSR count). The number of hydrogen-bond donors (Lipinski definition) is 2. The molecule has 0 spiro atoms. The van der Waals surface area contributed by atoms with Crippen molar-refractivity contribution in [1.82, 2.24) is 10.6 Å². The first-order valence-electron chi connectivity index (χ1n) is 9.39. The lowest BCUT2D eigenvalue weighted by molar-refractivity contribution is -0.315. The van der Waals surface area contributed by atoms with Crippen molar-refractivity contribution < 1.29 is 29.4 Å². The van der Waals surface area contributed by atoms with Gasteiger partial charge in [0.1, 0.15) is 0 Å². The Kier molecular flexibility index (Phi) is 7.41. The first kappa shape index (κ1) is 20.2. The van der Waals surface area contributed by atoms with E-state index in [0.29, 0.717) is 25.7 Å². The zero-order chi connectivity index (χ0) is 19.1. The summed E-state index contributed by atoms with van der Waals surface area (Å²) < 4.78 is 0. The summed E-state index contributed by atoms with van der Waals surface area (Å²) in [6.45, 7) is 0.340. The molecule has 2 N–H and O–H groups in total. The van der Waals surface area contributed by atoms with E-state index in [4.69, 9.17) is 0 Å². The molecule has 2 fully saturated rings. The van der Waals surface area contributed by atoms with E-state index in [1.165, 1.54) is 0 Å². The molecular weight excluding hydrogens is 340 g/mol. The summed E-state index contributed by atoms with van der Waals surface area (Å²) in [7, 11) is 0. The van der Waals surface area contributed by atoms with Crippen LogP contribution in [0, 0.1) is 23.7 Å². The molecule has 0 heterocycles. The van der Waals surface area contributed by atoms with E-state index in [-0.39, 0.29) is 24.9 Å². The predicted molar refractivity (Wildman–Crippen MR) is 86.9 cm³/mol. The number of aliphatic carboxylic acids is 2. The minimum atomic E-state index is -1.19. The number of nitrogens with one attached hydrogen (secondary N) is 2. The molecule has 146 valence electrons. The van der Waals surface area contributed by atoms with Crippen molar-refractivity contribution >= 4 is 23.8 Å². The second-order valence-electron chi connectivity index (χ2n) is 7.22. The average Bonchev–Trinajstić information content (AvgIpc) is 2.64. The van der Waals surface area contributed by atoms with Crippen LogP contribution in [0.2, 0.25) is 0 Å². The fraction of sp³-hybridized carbons (Fsp3) is 0.778. The van der Waals surface area contributed by atoms with Gasteiger partial charge < -0.3 is 30.4 Å². The summed E-state index contributed by atoms with van der Waals surface area (Å²) in [5, 5.41) is 27.6.